The first-order valence-corrected chi connectivity index (χ1v) is 7.38. The number of nitrogens with one attached hydrogen (secondary N) is 1. The largest absolute Gasteiger partial charge is 0.311 e. The fourth-order valence-corrected chi connectivity index (χ4v) is 2.29. The maximum atomic E-state index is 4.31. The Morgan fingerprint density at radius 3 is 2.62 bits per heavy atom. The Hall–Kier alpha value is -1.75. The molecule has 0 spiro atoms. The van der Waals surface area contributed by atoms with Gasteiger partial charge >= 0.3 is 0 Å². The van der Waals surface area contributed by atoms with Crippen molar-refractivity contribution in [3.63, 3.8) is 0 Å². The molecule has 1 unspecified atom stereocenters. The molecule has 0 amide bonds. The predicted molar refractivity (Wildman–Crippen MR) is 84.2 cm³/mol. The second-order valence-electron chi connectivity index (χ2n) is 6.64. The third-order valence-electron chi connectivity index (χ3n) is 3.37. The Balaban J connectivity index is 2.17. The highest BCUT2D eigenvalue weighted by Gasteiger charge is 2.18. The smallest absolute Gasteiger partial charge is 0.175 e. The van der Waals surface area contributed by atoms with Gasteiger partial charge in [0.1, 0.15) is 0 Å². The molecular weight excluding hydrogens is 262 g/mol. The van der Waals surface area contributed by atoms with E-state index in [0.717, 1.165) is 18.8 Å². The normalized spacial score (nSPS) is 13.4. The molecule has 1 aromatic heterocycles. The highest BCUT2D eigenvalue weighted by molar-refractivity contribution is 5.26. The van der Waals surface area contributed by atoms with Crippen LogP contribution in [0.15, 0.2) is 24.3 Å². The third kappa shape index (κ3) is 4.93. The van der Waals surface area contributed by atoms with Gasteiger partial charge in [0, 0.05) is 24.4 Å². The monoisotopic (exact) mass is 287 g/mol. The molecule has 1 N–H and O–H groups in total. The predicted octanol–water partition coefficient (Wildman–Crippen LogP) is 2.23. The average molecular weight is 287 g/mol. The minimum Gasteiger partial charge on any atom is -0.311 e. The topological polar surface area (TPSA) is 55.6 Å². The zero-order valence-corrected chi connectivity index (χ0v) is 13.6. The molecule has 114 valence electrons. The SMILES string of the molecule is Cc1cccc(C(CNC(C)(C)C)Cc2nnn(C)n2)c1. The molecule has 2 rings (SSSR count). The number of rotatable bonds is 5. The molecule has 5 nitrogen and oxygen atoms in total. The Labute approximate surface area is 126 Å². The summed E-state index contributed by atoms with van der Waals surface area (Å²) in [6, 6.07) is 8.65. The van der Waals surface area contributed by atoms with Crippen LogP contribution in [-0.2, 0) is 13.5 Å². The number of hydrogen-bond donors (Lipinski definition) is 1. The zero-order chi connectivity index (χ0) is 15.5. The van der Waals surface area contributed by atoms with Gasteiger partial charge in [-0.05, 0) is 38.5 Å². The fourth-order valence-electron chi connectivity index (χ4n) is 2.29. The maximum Gasteiger partial charge on any atom is 0.175 e. The van der Waals surface area contributed by atoms with E-state index in [1.807, 2.05) is 0 Å². The summed E-state index contributed by atoms with van der Waals surface area (Å²) < 4.78 is 0. The summed E-state index contributed by atoms with van der Waals surface area (Å²) >= 11 is 0. The number of tetrazole rings is 1. The Morgan fingerprint density at radius 1 is 1.29 bits per heavy atom. The molecule has 21 heavy (non-hydrogen) atoms. The van der Waals surface area contributed by atoms with Crippen LogP contribution in [0.4, 0.5) is 0 Å². The minimum atomic E-state index is 0.0951. The van der Waals surface area contributed by atoms with Gasteiger partial charge in [0.25, 0.3) is 0 Å². The van der Waals surface area contributed by atoms with Gasteiger partial charge in [0.15, 0.2) is 5.82 Å². The summed E-state index contributed by atoms with van der Waals surface area (Å²) in [5.41, 5.74) is 2.69. The first kappa shape index (κ1) is 15.6. The quantitative estimate of drug-likeness (QED) is 0.916. The van der Waals surface area contributed by atoms with Crippen LogP contribution in [0.5, 0.6) is 0 Å². The first-order valence-electron chi connectivity index (χ1n) is 7.38. The van der Waals surface area contributed by atoms with E-state index < -0.39 is 0 Å². The second-order valence-corrected chi connectivity index (χ2v) is 6.64. The number of hydrogen-bond acceptors (Lipinski definition) is 4. The summed E-state index contributed by atoms with van der Waals surface area (Å²) in [6.45, 7) is 9.56. The van der Waals surface area contributed by atoms with Gasteiger partial charge in [-0.2, -0.15) is 4.80 Å². The van der Waals surface area contributed by atoms with Crippen molar-refractivity contribution in [1.82, 2.24) is 25.5 Å². The lowest BCUT2D eigenvalue weighted by Crippen LogP contribution is -2.39. The second kappa shape index (κ2) is 6.35. The maximum absolute atomic E-state index is 4.31. The molecule has 5 heteroatoms. The van der Waals surface area contributed by atoms with Gasteiger partial charge in [-0.1, -0.05) is 29.8 Å². The minimum absolute atomic E-state index is 0.0951. The van der Waals surface area contributed by atoms with Gasteiger partial charge in [-0.15, -0.1) is 10.2 Å². The van der Waals surface area contributed by atoms with E-state index in [2.05, 4.69) is 72.7 Å². The lowest BCUT2D eigenvalue weighted by Gasteiger charge is -2.25. The molecular formula is C16H25N5. The number of aromatic nitrogens is 4. The lowest BCUT2D eigenvalue weighted by atomic mass is 9.93. The van der Waals surface area contributed by atoms with Crippen molar-refractivity contribution in [2.24, 2.45) is 7.05 Å². The molecule has 1 heterocycles. The number of benzene rings is 1. The van der Waals surface area contributed by atoms with Crippen LogP contribution >= 0.6 is 0 Å². The van der Waals surface area contributed by atoms with E-state index >= 15 is 0 Å². The van der Waals surface area contributed by atoms with Gasteiger partial charge in [-0.25, -0.2) is 0 Å². The average Bonchev–Trinajstić information content (AvgIpc) is 2.79. The molecule has 0 bridgehead atoms. The van der Waals surface area contributed by atoms with E-state index in [0.29, 0.717) is 5.92 Å². The van der Waals surface area contributed by atoms with E-state index in [1.165, 1.54) is 15.9 Å². The summed E-state index contributed by atoms with van der Waals surface area (Å²) in [5, 5.41) is 15.9. The number of nitrogens with zero attached hydrogens (tertiary/aromatic N) is 4. The molecule has 0 aliphatic rings. The van der Waals surface area contributed by atoms with Gasteiger partial charge < -0.3 is 5.32 Å². The van der Waals surface area contributed by atoms with E-state index in [4.69, 9.17) is 0 Å². The van der Waals surface area contributed by atoms with Gasteiger partial charge in [-0.3, -0.25) is 0 Å². The van der Waals surface area contributed by atoms with Crippen LogP contribution in [0.2, 0.25) is 0 Å². The van der Waals surface area contributed by atoms with Crippen LogP contribution in [0.1, 0.15) is 43.6 Å². The Kier molecular flexibility index (Phi) is 4.73. The standard InChI is InChI=1S/C16H25N5/c1-12-7-6-8-13(9-12)14(11-17-16(2,3)4)10-15-18-20-21(5)19-15/h6-9,14,17H,10-11H2,1-5H3. The van der Waals surface area contributed by atoms with Gasteiger partial charge in [0.05, 0.1) is 7.05 Å². The molecule has 1 atom stereocenters. The highest BCUT2D eigenvalue weighted by atomic mass is 15.6. The van der Waals surface area contributed by atoms with Crippen molar-refractivity contribution >= 4 is 0 Å². The molecule has 2 aromatic rings. The number of aryl methyl sites for hydroxylation is 2. The van der Waals surface area contributed by atoms with Crippen LogP contribution in [0, 0.1) is 6.92 Å². The summed E-state index contributed by atoms with van der Waals surface area (Å²) in [4.78, 5) is 1.51. The van der Waals surface area contributed by atoms with Crippen molar-refractivity contribution in [3.05, 3.63) is 41.2 Å². The van der Waals surface area contributed by atoms with Crippen LogP contribution in [-0.4, -0.2) is 32.3 Å². The van der Waals surface area contributed by atoms with Crippen LogP contribution < -0.4 is 5.32 Å². The van der Waals surface area contributed by atoms with Crippen molar-refractivity contribution in [2.45, 2.75) is 45.6 Å². The lowest BCUT2D eigenvalue weighted by molar-refractivity contribution is 0.403. The molecule has 0 aliphatic heterocycles. The van der Waals surface area contributed by atoms with E-state index in [1.54, 1.807) is 7.05 Å². The molecule has 0 saturated carbocycles. The zero-order valence-electron chi connectivity index (χ0n) is 13.6. The summed E-state index contributed by atoms with van der Waals surface area (Å²) in [6.07, 6.45) is 0.792. The summed E-state index contributed by atoms with van der Waals surface area (Å²) in [5.74, 6) is 1.13. The molecule has 0 radical (unpaired) electrons. The Morgan fingerprint density at radius 2 is 2.05 bits per heavy atom. The molecule has 0 saturated heterocycles. The van der Waals surface area contributed by atoms with Crippen molar-refractivity contribution in [2.75, 3.05) is 6.54 Å². The summed E-state index contributed by atoms with van der Waals surface area (Å²) in [7, 11) is 1.80. The third-order valence-corrected chi connectivity index (χ3v) is 3.37. The molecule has 0 aliphatic carbocycles. The van der Waals surface area contributed by atoms with Crippen molar-refractivity contribution in [3.8, 4) is 0 Å². The van der Waals surface area contributed by atoms with Gasteiger partial charge in [0.2, 0.25) is 0 Å². The first-order chi connectivity index (χ1) is 9.83. The van der Waals surface area contributed by atoms with Crippen molar-refractivity contribution in [1.29, 1.82) is 0 Å². The molecule has 1 aromatic carbocycles. The van der Waals surface area contributed by atoms with E-state index in [-0.39, 0.29) is 5.54 Å². The Bertz CT molecular complexity index is 582. The highest BCUT2D eigenvalue weighted by Crippen LogP contribution is 2.20. The fraction of sp³-hybridized carbons (Fsp3) is 0.562. The molecule has 0 fully saturated rings. The van der Waals surface area contributed by atoms with Crippen molar-refractivity contribution < 1.29 is 0 Å². The van der Waals surface area contributed by atoms with E-state index in [9.17, 15) is 0 Å². The van der Waals surface area contributed by atoms with Crippen LogP contribution in [0.25, 0.3) is 0 Å². The van der Waals surface area contributed by atoms with Crippen LogP contribution in [0.3, 0.4) is 0 Å².